The van der Waals surface area contributed by atoms with Crippen LogP contribution in [0, 0.1) is 0 Å². The molecule has 1 N–H and O–H groups in total. The second-order valence-corrected chi connectivity index (χ2v) is 8.06. The summed E-state index contributed by atoms with van der Waals surface area (Å²) in [6, 6.07) is 11.9. The molecule has 0 atom stereocenters. The lowest BCUT2D eigenvalue weighted by Gasteiger charge is -2.22. The molecule has 2 rings (SSSR count). The molecule has 0 bridgehead atoms. The van der Waals surface area contributed by atoms with E-state index in [4.69, 9.17) is 9.15 Å². The van der Waals surface area contributed by atoms with E-state index in [1.165, 1.54) is 0 Å². The first-order valence-electron chi connectivity index (χ1n) is 10.2. The van der Waals surface area contributed by atoms with E-state index in [2.05, 4.69) is 17.9 Å². The Morgan fingerprint density at radius 2 is 1.69 bits per heavy atom. The zero-order chi connectivity index (χ0) is 21.4. The summed E-state index contributed by atoms with van der Waals surface area (Å²) in [6.07, 6.45) is 4.71. The Balaban J connectivity index is 2.25. The summed E-state index contributed by atoms with van der Waals surface area (Å²) in [5, 5.41) is 11.2. The first-order valence-corrected chi connectivity index (χ1v) is 10.2. The Morgan fingerprint density at radius 3 is 2.28 bits per heavy atom. The van der Waals surface area contributed by atoms with Gasteiger partial charge in [0.1, 0.15) is 17.3 Å². The van der Waals surface area contributed by atoms with Crippen LogP contribution in [0.2, 0.25) is 0 Å². The Labute approximate surface area is 175 Å². The third kappa shape index (κ3) is 6.62. The number of furan rings is 1. The Hall–Kier alpha value is -2.30. The van der Waals surface area contributed by atoms with Crippen molar-refractivity contribution in [2.75, 3.05) is 13.7 Å². The van der Waals surface area contributed by atoms with Crippen LogP contribution in [0.15, 0.2) is 64.1 Å². The van der Waals surface area contributed by atoms with E-state index in [0.717, 1.165) is 47.7 Å². The van der Waals surface area contributed by atoms with Crippen molar-refractivity contribution in [2.24, 2.45) is 0 Å². The van der Waals surface area contributed by atoms with Crippen molar-refractivity contribution in [2.45, 2.75) is 59.7 Å². The highest BCUT2D eigenvalue weighted by Gasteiger charge is 2.28. The molecule has 0 aliphatic carbocycles. The van der Waals surface area contributed by atoms with Gasteiger partial charge in [-0.25, -0.2) is 0 Å². The lowest BCUT2D eigenvalue weighted by molar-refractivity contribution is 0.109. The number of hydrogen-bond acceptors (Lipinski definition) is 4. The average Bonchev–Trinajstić information content (AvgIpc) is 3.10. The predicted molar refractivity (Wildman–Crippen MR) is 119 cm³/mol. The topological polar surface area (TPSA) is 45.8 Å². The minimum Gasteiger partial charge on any atom is -0.496 e. The van der Waals surface area contributed by atoms with E-state index >= 15 is 0 Å². The third-order valence-corrected chi connectivity index (χ3v) is 4.58. The largest absolute Gasteiger partial charge is 0.496 e. The van der Waals surface area contributed by atoms with Crippen molar-refractivity contribution in [1.29, 1.82) is 0 Å². The molecule has 158 valence electrons. The second-order valence-electron chi connectivity index (χ2n) is 8.06. The van der Waals surface area contributed by atoms with Gasteiger partial charge in [-0.15, -0.1) is 0 Å². The number of hydrogen-bond donors (Lipinski definition) is 1. The summed E-state index contributed by atoms with van der Waals surface area (Å²) in [6.45, 7) is 12.5. The van der Waals surface area contributed by atoms with Gasteiger partial charge in [-0.05, 0) is 71.0 Å². The van der Waals surface area contributed by atoms with Crippen molar-refractivity contribution >= 4 is 0 Å². The monoisotopic (exact) mass is 397 g/mol. The molecule has 2 aromatic rings. The first kappa shape index (κ1) is 23.0. The first-order chi connectivity index (χ1) is 13.8. The summed E-state index contributed by atoms with van der Waals surface area (Å²) in [5.41, 5.74) is 1.99. The fourth-order valence-electron chi connectivity index (χ4n) is 3.57. The Morgan fingerprint density at radius 1 is 1.03 bits per heavy atom. The van der Waals surface area contributed by atoms with Crippen LogP contribution in [0.3, 0.4) is 0 Å². The molecule has 1 heterocycles. The van der Waals surface area contributed by atoms with E-state index in [0.29, 0.717) is 12.3 Å². The van der Waals surface area contributed by atoms with Crippen LogP contribution >= 0.6 is 0 Å². The van der Waals surface area contributed by atoms with Crippen molar-refractivity contribution < 1.29 is 14.3 Å². The molecule has 4 heteroatoms. The highest BCUT2D eigenvalue weighted by atomic mass is 16.5. The number of benzene rings is 1. The molecule has 0 spiro atoms. The number of para-hydroxylation sites is 1. The van der Waals surface area contributed by atoms with E-state index in [9.17, 15) is 5.11 Å². The lowest BCUT2D eigenvalue weighted by Crippen LogP contribution is -2.24. The summed E-state index contributed by atoms with van der Waals surface area (Å²) < 4.78 is 11.6. The molecule has 0 amide bonds. The maximum absolute atomic E-state index is 11.2. The summed E-state index contributed by atoms with van der Waals surface area (Å²) in [7, 11) is 1.70. The van der Waals surface area contributed by atoms with Gasteiger partial charge >= 0.3 is 0 Å². The van der Waals surface area contributed by atoms with Gasteiger partial charge in [-0.1, -0.05) is 36.3 Å². The molecule has 29 heavy (non-hydrogen) atoms. The molecule has 4 nitrogen and oxygen atoms in total. The van der Waals surface area contributed by atoms with Gasteiger partial charge in [-0.2, -0.15) is 0 Å². The molecule has 0 saturated heterocycles. The van der Waals surface area contributed by atoms with Gasteiger partial charge in [0.15, 0.2) is 5.60 Å². The Bertz CT molecular complexity index is 821. The number of methoxy groups -OCH3 is 1. The maximum Gasteiger partial charge on any atom is 0.159 e. The highest BCUT2D eigenvalue weighted by Crippen LogP contribution is 2.30. The number of aliphatic hydroxyl groups is 1. The quantitative estimate of drug-likeness (QED) is 0.513. The summed E-state index contributed by atoms with van der Waals surface area (Å²) >= 11 is 0. The molecule has 0 unspecified atom stereocenters. The Kier molecular flexibility index (Phi) is 8.30. The van der Waals surface area contributed by atoms with Crippen LogP contribution in [0.25, 0.3) is 0 Å². The molecular weight excluding hydrogens is 362 g/mol. The van der Waals surface area contributed by atoms with E-state index in [1.807, 2.05) is 70.2 Å². The van der Waals surface area contributed by atoms with Gasteiger partial charge < -0.3 is 14.3 Å². The van der Waals surface area contributed by atoms with E-state index in [1.54, 1.807) is 7.11 Å². The zero-order valence-corrected chi connectivity index (χ0v) is 18.7. The van der Waals surface area contributed by atoms with Crippen molar-refractivity contribution in [3.05, 3.63) is 76.8 Å². The number of ether oxygens (including phenoxy) is 1. The van der Waals surface area contributed by atoms with Crippen LogP contribution in [0.4, 0.5) is 0 Å². The molecular formula is C25H35NO3. The van der Waals surface area contributed by atoms with Gasteiger partial charge in [0.25, 0.3) is 0 Å². The molecule has 1 aromatic carbocycles. The van der Waals surface area contributed by atoms with Gasteiger partial charge in [-0.3, -0.25) is 4.90 Å². The van der Waals surface area contributed by atoms with Crippen molar-refractivity contribution in [1.82, 2.24) is 4.90 Å². The van der Waals surface area contributed by atoms with Gasteiger partial charge in [0.2, 0.25) is 0 Å². The minimum absolute atomic E-state index is 0.545. The molecule has 1 aromatic heterocycles. The van der Waals surface area contributed by atoms with Crippen molar-refractivity contribution in [3.63, 3.8) is 0 Å². The predicted octanol–water partition coefficient (Wildman–Crippen LogP) is 5.82. The zero-order valence-electron chi connectivity index (χ0n) is 18.7. The number of rotatable bonds is 10. The van der Waals surface area contributed by atoms with Gasteiger partial charge in [0, 0.05) is 12.1 Å². The standard InChI is InChI=1S/C25H35NO3/c1-7-14-26(17-21-10-8-9-11-23(21)28-6)18-22-12-13-24(29-22)25(27,15-19(2)3)16-20(4)5/h8-13,15-16,27H,7,14,17-18H2,1-6H3. The van der Waals surface area contributed by atoms with Crippen LogP contribution in [0.5, 0.6) is 5.75 Å². The van der Waals surface area contributed by atoms with Crippen LogP contribution in [-0.4, -0.2) is 23.7 Å². The summed E-state index contributed by atoms with van der Waals surface area (Å²) in [4.78, 5) is 2.33. The number of nitrogens with zero attached hydrogens (tertiary/aromatic N) is 1. The average molecular weight is 398 g/mol. The van der Waals surface area contributed by atoms with Crippen LogP contribution in [0.1, 0.15) is 58.1 Å². The molecule has 0 fully saturated rings. The van der Waals surface area contributed by atoms with Crippen molar-refractivity contribution in [3.8, 4) is 5.75 Å². The normalized spacial score (nSPS) is 11.4. The highest BCUT2D eigenvalue weighted by molar-refractivity contribution is 5.33. The number of allylic oxidation sites excluding steroid dienone is 2. The second kappa shape index (κ2) is 10.5. The SMILES string of the molecule is CCCN(Cc1ccc(C(O)(C=C(C)C)C=C(C)C)o1)Cc1ccccc1OC. The van der Waals surface area contributed by atoms with Gasteiger partial charge in [0.05, 0.1) is 13.7 Å². The molecule has 0 radical (unpaired) electrons. The molecule has 0 aliphatic heterocycles. The lowest BCUT2D eigenvalue weighted by atomic mass is 9.95. The maximum atomic E-state index is 11.2. The fraction of sp³-hybridized carbons (Fsp3) is 0.440. The summed E-state index contributed by atoms with van der Waals surface area (Å²) in [5.74, 6) is 2.28. The van der Waals surface area contributed by atoms with E-state index < -0.39 is 5.60 Å². The minimum atomic E-state index is -1.23. The van der Waals surface area contributed by atoms with Crippen LogP contribution < -0.4 is 4.74 Å². The molecule has 0 aliphatic rings. The molecule has 0 saturated carbocycles. The van der Waals surface area contributed by atoms with E-state index in [-0.39, 0.29) is 0 Å². The fourth-order valence-corrected chi connectivity index (χ4v) is 3.57. The third-order valence-electron chi connectivity index (χ3n) is 4.58. The smallest absolute Gasteiger partial charge is 0.159 e. The van der Waals surface area contributed by atoms with Crippen LogP contribution in [-0.2, 0) is 18.7 Å².